The van der Waals surface area contributed by atoms with Gasteiger partial charge in [-0.25, -0.2) is 19.3 Å². The number of hydrogen-bond acceptors (Lipinski definition) is 6. The summed E-state index contributed by atoms with van der Waals surface area (Å²) < 4.78 is 6.40. The van der Waals surface area contributed by atoms with Gasteiger partial charge in [-0.05, 0) is 17.7 Å². The van der Waals surface area contributed by atoms with Gasteiger partial charge >= 0.3 is 6.09 Å². The van der Waals surface area contributed by atoms with Crippen LogP contribution >= 0.6 is 0 Å². The van der Waals surface area contributed by atoms with Crippen molar-refractivity contribution in [3.8, 4) is 11.5 Å². The highest BCUT2D eigenvalue weighted by atomic mass is 16.4. The number of nitrogens with two attached hydrogens (primary N) is 1. The third-order valence-corrected chi connectivity index (χ3v) is 3.74. The maximum atomic E-state index is 11.8. The van der Waals surface area contributed by atoms with Crippen molar-refractivity contribution in [2.24, 2.45) is 0 Å². The fraction of sp³-hybridized carbons (Fsp3) is 0.0588. The number of anilines is 1. The molecule has 1 aromatic carbocycles. The average molecular weight is 335 g/mol. The summed E-state index contributed by atoms with van der Waals surface area (Å²) in [4.78, 5) is 24.5. The fourth-order valence-electron chi connectivity index (χ4n) is 2.70. The predicted octanol–water partition coefficient (Wildman–Crippen LogP) is 2.79. The van der Waals surface area contributed by atoms with E-state index in [1.54, 1.807) is 12.1 Å². The Hall–Kier alpha value is -3.68. The van der Waals surface area contributed by atoms with E-state index in [0.29, 0.717) is 29.2 Å². The predicted molar refractivity (Wildman–Crippen MR) is 90.1 cm³/mol. The molecular formula is C17H13N5O3. The molecule has 8 nitrogen and oxygen atoms in total. The first kappa shape index (κ1) is 14.9. The molecule has 0 saturated carbocycles. The lowest BCUT2D eigenvalue weighted by Gasteiger charge is -2.03. The van der Waals surface area contributed by atoms with Crippen LogP contribution in [0.2, 0.25) is 0 Å². The van der Waals surface area contributed by atoms with Crippen LogP contribution in [0.15, 0.2) is 53.1 Å². The van der Waals surface area contributed by atoms with Gasteiger partial charge in [-0.2, -0.15) is 4.98 Å². The van der Waals surface area contributed by atoms with Gasteiger partial charge in [-0.1, -0.05) is 30.3 Å². The van der Waals surface area contributed by atoms with E-state index in [1.165, 1.54) is 6.26 Å². The van der Waals surface area contributed by atoms with Crippen molar-refractivity contribution < 1.29 is 14.3 Å². The van der Waals surface area contributed by atoms with E-state index in [0.717, 1.165) is 10.1 Å². The molecule has 3 aromatic heterocycles. The topological polar surface area (TPSA) is 120 Å². The largest absolute Gasteiger partial charge is 0.464 e. The molecule has 8 heteroatoms. The first-order valence-electron chi connectivity index (χ1n) is 7.49. The van der Waals surface area contributed by atoms with Gasteiger partial charge in [0.15, 0.2) is 11.4 Å². The lowest BCUT2D eigenvalue weighted by molar-refractivity contribution is 0.196. The summed E-state index contributed by atoms with van der Waals surface area (Å²) in [5, 5.41) is 9.64. The van der Waals surface area contributed by atoms with Gasteiger partial charge in [0.05, 0.1) is 6.26 Å². The van der Waals surface area contributed by atoms with E-state index < -0.39 is 6.09 Å². The zero-order valence-electron chi connectivity index (χ0n) is 13.0. The van der Waals surface area contributed by atoms with Crippen molar-refractivity contribution in [2.45, 2.75) is 6.42 Å². The van der Waals surface area contributed by atoms with Crippen LogP contribution in [-0.2, 0) is 6.42 Å². The summed E-state index contributed by atoms with van der Waals surface area (Å²) >= 11 is 0. The molecule has 4 rings (SSSR count). The van der Waals surface area contributed by atoms with Crippen LogP contribution in [0, 0.1) is 0 Å². The third kappa shape index (κ3) is 2.59. The third-order valence-electron chi connectivity index (χ3n) is 3.74. The quantitative estimate of drug-likeness (QED) is 0.590. The minimum atomic E-state index is -1.18. The van der Waals surface area contributed by atoms with E-state index in [2.05, 4.69) is 15.0 Å². The molecule has 0 amide bonds. The molecule has 3 heterocycles. The molecule has 0 bridgehead atoms. The molecule has 124 valence electrons. The number of imidazole rings is 1. The van der Waals surface area contributed by atoms with Gasteiger partial charge in [0.1, 0.15) is 17.0 Å². The Morgan fingerprint density at radius 2 is 1.92 bits per heavy atom. The number of nitrogens with zero attached hydrogens (tertiary/aromatic N) is 4. The van der Waals surface area contributed by atoms with E-state index in [1.807, 2.05) is 30.3 Å². The minimum absolute atomic E-state index is 0.0486. The van der Waals surface area contributed by atoms with Crippen molar-refractivity contribution in [3.05, 3.63) is 60.1 Å². The van der Waals surface area contributed by atoms with Crippen LogP contribution in [-0.4, -0.2) is 30.7 Å². The van der Waals surface area contributed by atoms with Crippen LogP contribution in [0.1, 0.15) is 11.4 Å². The zero-order chi connectivity index (χ0) is 17.4. The highest BCUT2D eigenvalue weighted by Crippen LogP contribution is 2.28. The summed E-state index contributed by atoms with van der Waals surface area (Å²) in [5.41, 5.74) is 7.53. The second-order valence-corrected chi connectivity index (χ2v) is 5.39. The first-order chi connectivity index (χ1) is 12.1. The molecule has 0 aliphatic carbocycles. The van der Waals surface area contributed by atoms with Crippen LogP contribution in [0.4, 0.5) is 10.7 Å². The molecule has 3 N–H and O–H groups in total. The number of carboxylic acid groups (broad SMARTS) is 1. The zero-order valence-corrected chi connectivity index (χ0v) is 13.0. The molecule has 0 aliphatic heterocycles. The van der Waals surface area contributed by atoms with E-state index in [-0.39, 0.29) is 11.6 Å². The smallest absolute Gasteiger partial charge is 0.418 e. The van der Waals surface area contributed by atoms with Crippen molar-refractivity contribution >= 4 is 23.2 Å². The molecule has 0 aliphatic rings. The summed E-state index contributed by atoms with van der Waals surface area (Å²) in [6, 6.07) is 12.9. The van der Waals surface area contributed by atoms with Gasteiger partial charge in [-0.3, -0.25) is 0 Å². The van der Waals surface area contributed by atoms with Crippen LogP contribution < -0.4 is 5.73 Å². The summed E-state index contributed by atoms with van der Waals surface area (Å²) in [5.74, 6) is 0.731. The van der Waals surface area contributed by atoms with Crippen molar-refractivity contribution in [3.63, 3.8) is 0 Å². The summed E-state index contributed by atoms with van der Waals surface area (Å²) in [6.07, 6.45) is 0.649. The molecule has 0 unspecified atom stereocenters. The van der Waals surface area contributed by atoms with Gasteiger partial charge < -0.3 is 15.3 Å². The summed E-state index contributed by atoms with van der Waals surface area (Å²) in [6.45, 7) is 0. The van der Waals surface area contributed by atoms with Crippen molar-refractivity contribution in [1.82, 2.24) is 19.5 Å². The van der Waals surface area contributed by atoms with Crippen molar-refractivity contribution in [2.75, 3.05) is 5.73 Å². The lowest BCUT2D eigenvalue weighted by Crippen LogP contribution is -2.13. The molecule has 0 atom stereocenters. The maximum absolute atomic E-state index is 11.8. The van der Waals surface area contributed by atoms with Gasteiger partial charge in [-0.15, -0.1) is 0 Å². The van der Waals surface area contributed by atoms with Crippen molar-refractivity contribution in [1.29, 1.82) is 0 Å². The Labute approximate surface area is 141 Å². The summed E-state index contributed by atoms with van der Waals surface area (Å²) in [7, 11) is 0. The molecule has 0 saturated heterocycles. The van der Waals surface area contributed by atoms with Crippen LogP contribution in [0.3, 0.4) is 0 Å². The molecule has 0 spiro atoms. The number of rotatable bonds is 3. The molecule has 0 radical (unpaired) electrons. The number of carbonyl (C=O) groups is 1. The second-order valence-electron chi connectivity index (χ2n) is 5.39. The van der Waals surface area contributed by atoms with Gasteiger partial charge in [0.25, 0.3) is 0 Å². The van der Waals surface area contributed by atoms with Crippen LogP contribution in [0.5, 0.6) is 0 Å². The fourth-order valence-corrected chi connectivity index (χ4v) is 2.70. The Bertz CT molecular complexity index is 1060. The minimum Gasteiger partial charge on any atom is -0.464 e. The van der Waals surface area contributed by atoms with Crippen LogP contribution in [0.25, 0.3) is 22.6 Å². The number of aromatic nitrogens is 4. The Kier molecular flexibility index (Phi) is 3.42. The monoisotopic (exact) mass is 335 g/mol. The van der Waals surface area contributed by atoms with E-state index >= 15 is 0 Å². The number of fused-ring (bicyclic) bond motifs is 1. The Balaban J connectivity index is 1.96. The standard InChI is InChI=1S/C17H13N5O3/c18-16-20-13(11-7-4-8-25-11)14-15(21-16)22(17(23)24)12(19-14)9-10-5-2-1-3-6-10/h1-8H,9H2,(H,23,24)(H2,18,20,21). The number of hydrogen-bond donors (Lipinski definition) is 2. The normalized spacial score (nSPS) is 11.0. The van der Waals surface area contributed by atoms with Gasteiger partial charge in [0.2, 0.25) is 5.95 Å². The molecular weight excluding hydrogens is 322 g/mol. The van der Waals surface area contributed by atoms with E-state index in [4.69, 9.17) is 10.2 Å². The SMILES string of the molecule is Nc1nc(-c2ccco2)c2nc(Cc3ccccc3)n(C(=O)O)c2n1. The average Bonchev–Trinajstić information content (AvgIpc) is 3.22. The second kappa shape index (κ2) is 5.75. The lowest BCUT2D eigenvalue weighted by atomic mass is 10.1. The highest BCUT2D eigenvalue weighted by Gasteiger charge is 2.23. The molecule has 0 fully saturated rings. The molecule has 25 heavy (non-hydrogen) atoms. The Morgan fingerprint density at radius 3 is 2.60 bits per heavy atom. The first-order valence-corrected chi connectivity index (χ1v) is 7.49. The van der Waals surface area contributed by atoms with Gasteiger partial charge in [0, 0.05) is 6.42 Å². The maximum Gasteiger partial charge on any atom is 0.418 e. The number of furan rings is 1. The number of benzene rings is 1. The Morgan fingerprint density at radius 1 is 1.12 bits per heavy atom. The molecule has 4 aromatic rings. The highest BCUT2D eigenvalue weighted by molar-refractivity contribution is 5.92. The van der Waals surface area contributed by atoms with E-state index in [9.17, 15) is 9.90 Å². The number of nitrogen functional groups attached to an aromatic ring is 1.